The number of amides is 1. The second-order valence-corrected chi connectivity index (χ2v) is 9.94. The van der Waals surface area contributed by atoms with E-state index in [1.54, 1.807) is 31.3 Å². The second kappa shape index (κ2) is 8.72. The molecule has 3 aromatic rings. The molecule has 1 aromatic heterocycles. The van der Waals surface area contributed by atoms with Crippen LogP contribution in [0.2, 0.25) is 0 Å². The normalized spacial score (nSPS) is 16.4. The molecule has 1 amide bonds. The van der Waals surface area contributed by atoms with Crippen molar-refractivity contribution in [3.8, 4) is 11.5 Å². The maximum atomic E-state index is 13.0. The monoisotopic (exact) mass is 466 g/mol. The van der Waals surface area contributed by atoms with E-state index < -0.39 is 21.8 Å². The maximum Gasteiger partial charge on any atom is 0.263 e. The highest BCUT2D eigenvalue weighted by atomic mass is 32.2. The molecule has 9 nitrogen and oxygen atoms in total. The van der Waals surface area contributed by atoms with Crippen molar-refractivity contribution < 1.29 is 22.4 Å². The summed E-state index contributed by atoms with van der Waals surface area (Å²) in [6.07, 6.45) is 3.06. The van der Waals surface area contributed by atoms with Crippen molar-refractivity contribution in [1.29, 1.82) is 0 Å². The minimum atomic E-state index is -3.59. The third-order valence-electron chi connectivity index (χ3n) is 5.30. The molecular weight excluding hydrogens is 444 g/mol. The van der Waals surface area contributed by atoms with Gasteiger partial charge in [0.05, 0.1) is 22.5 Å². The van der Waals surface area contributed by atoms with Crippen LogP contribution in [-0.2, 0) is 26.0 Å². The molecule has 0 spiro atoms. The molecule has 0 N–H and O–H groups in total. The van der Waals surface area contributed by atoms with Crippen LogP contribution in [0.5, 0.6) is 0 Å². The minimum absolute atomic E-state index is 0.0473. The molecule has 0 saturated carbocycles. The van der Waals surface area contributed by atoms with E-state index in [0.29, 0.717) is 17.3 Å². The van der Waals surface area contributed by atoms with Crippen molar-refractivity contribution in [3.05, 3.63) is 66.6 Å². The topological polar surface area (TPSA) is 113 Å². The molecule has 33 heavy (non-hydrogen) atoms. The summed E-state index contributed by atoms with van der Waals surface area (Å²) in [5, 5.41) is 5.41. The number of anilines is 1. The van der Waals surface area contributed by atoms with Crippen molar-refractivity contribution in [2.75, 3.05) is 19.1 Å². The zero-order valence-electron chi connectivity index (χ0n) is 18.3. The summed E-state index contributed by atoms with van der Waals surface area (Å²) >= 11 is 0. The Balaban J connectivity index is 1.51. The molecule has 1 aliphatic rings. The van der Waals surface area contributed by atoms with Gasteiger partial charge in [0.2, 0.25) is 15.9 Å². The predicted molar refractivity (Wildman–Crippen MR) is 122 cm³/mol. The maximum absolute atomic E-state index is 13.0. The fourth-order valence-corrected chi connectivity index (χ4v) is 4.48. The highest BCUT2D eigenvalue weighted by molar-refractivity contribution is 7.89. The van der Waals surface area contributed by atoms with Gasteiger partial charge in [-0.05, 0) is 48.9 Å². The van der Waals surface area contributed by atoms with Crippen LogP contribution in [0.25, 0.3) is 11.5 Å². The number of aromatic nitrogens is 1. The lowest BCUT2D eigenvalue weighted by Gasteiger charge is -2.16. The van der Waals surface area contributed by atoms with Gasteiger partial charge < -0.3 is 4.42 Å². The fraction of sp³-hybridized carbons (Fsp3) is 0.217. The van der Waals surface area contributed by atoms with Gasteiger partial charge in [-0.2, -0.15) is 10.1 Å². The standard InChI is InChI=1S/C23H22N4O5S/c1-15-21(20(28)14-16-5-4-6-17(13-16)22-24-11-12-32-22)23(29)27(25-15)18-7-9-19(10-8-18)33(30,31)26(2)3/h4-13,21H,14H2,1-3H3. The first-order chi connectivity index (χ1) is 15.7. The van der Waals surface area contributed by atoms with Crippen molar-refractivity contribution >= 4 is 33.1 Å². The SMILES string of the molecule is CC1=NN(c2ccc(S(=O)(=O)N(C)C)cc2)C(=O)C1C(=O)Cc1cccc(-c2ncco2)c1. The van der Waals surface area contributed by atoms with Crippen molar-refractivity contribution in [3.63, 3.8) is 0 Å². The molecule has 2 aromatic carbocycles. The van der Waals surface area contributed by atoms with Gasteiger partial charge in [0.25, 0.3) is 5.91 Å². The Hall–Kier alpha value is -3.63. The van der Waals surface area contributed by atoms with Crippen LogP contribution >= 0.6 is 0 Å². The average molecular weight is 467 g/mol. The predicted octanol–water partition coefficient (Wildman–Crippen LogP) is 2.74. The number of carbonyl (C=O) groups excluding carboxylic acids is 2. The molecule has 4 rings (SSSR count). The van der Waals surface area contributed by atoms with E-state index in [2.05, 4.69) is 10.1 Å². The molecule has 2 heterocycles. The van der Waals surface area contributed by atoms with Gasteiger partial charge in [-0.25, -0.2) is 17.7 Å². The van der Waals surface area contributed by atoms with Crippen LogP contribution in [0.3, 0.4) is 0 Å². The van der Waals surface area contributed by atoms with Crippen LogP contribution in [0.1, 0.15) is 12.5 Å². The Morgan fingerprint density at radius 2 is 1.88 bits per heavy atom. The number of Topliss-reactive ketones (excluding diaryl/α,β-unsaturated/α-hetero) is 1. The largest absolute Gasteiger partial charge is 0.445 e. The summed E-state index contributed by atoms with van der Waals surface area (Å²) in [5.74, 6) is -1.30. The lowest BCUT2D eigenvalue weighted by molar-refractivity contribution is -0.128. The molecule has 0 radical (unpaired) electrons. The van der Waals surface area contributed by atoms with Crippen LogP contribution in [0.4, 0.5) is 5.69 Å². The molecule has 10 heteroatoms. The lowest BCUT2D eigenvalue weighted by Crippen LogP contribution is -2.33. The van der Waals surface area contributed by atoms with Crippen molar-refractivity contribution in [2.24, 2.45) is 11.0 Å². The Morgan fingerprint density at radius 3 is 2.52 bits per heavy atom. The van der Waals surface area contributed by atoms with Crippen molar-refractivity contribution in [1.82, 2.24) is 9.29 Å². The molecule has 170 valence electrons. The molecule has 1 aliphatic heterocycles. The molecule has 0 aliphatic carbocycles. The van der Waals surface area contributed by atoms with Gasteiger partial charge in [-0.15, -0.1) is 0 Å². The fourth-order valence-electron chi connectivity index (χ4n) is 3.58. The van der Waals surface area contributed by atoms with E-state index in [1.807, 2.05) is 6.07 Å². The molecular formula is C23H22N4O5S. The van der Waals surface area contributed by atoms with E-state index in [-0.39, 0.29) is 17.1 Å². The minimum Gasteiger partial charge on any atom is -0.445 e. The van der Waals surface area contributed by atoms with E-state index in [0.717, 1.165) is 20.4 Å². The Bertz CT molecular complexity index is 1330. The van der Waals surface area contributed by atoms with Gasteiger partial charge in [0.1, 0.15) is 12.2 Å². The number of hydrogen-bond acceptors (Lipinski definition) is 7. The Labute approximate surface area is 191 Å². The number of hydrogen-bond donors (Lipinski definition) is 0. The Kier molecular flexibility index (Phi) is 5.96. The van der Waals surface area contributed by atoms with E-state index in [4.69, 9.17) is 4.42 Å². The first-order valence-corrected chi connectivity index (χ1v) is 11.6. The number of carbonyl (C=O) groups is 2. The van der Waals surface area contributed by atoms with Crippen molar-refractivity contribution in [2.45, 2.75) is 18.2 Å². The number of benzene rings is 2. The quantitative estimate of drug-likeness (QED) is 0.495. The zero-order valence-corrected chi connectivity index (χ0v) is 19.1. The molecule has 0 bridgehead atoms. The van der Waals surface area contributed by atoms with E-state index >= 15 is 0 Å². The third kappa shape index (κ3) is 4.35. The van der Waals surface area contributed by atoms with Crippen LogP contribution in [0.15, 0.2) is 75.4 Å². The van der Waals surface area contributed by atoms with Crippen LogP contribution < -0.4 is 5.01 Å². The highest BCUT2D eigenvalue weighted by Gasteiger charge is 2.39. The van der Waals surface area contributed by atoms with Gasteiger partial charge in [0.15, 0.2) is 5.78 Å². The molecule has 0 saturated heterocycles. The summed E-state index contributed by atoms with van der Waals surface area (Å²) in [4.78, 5) is 30.3. The molecule has 1 atom stereocenters. The average Bonchev–Trinajstić information content (AvgIpc) is 3.42. The third-order valence-corrected chi connectivity index (χ3v) is 7.13. The molecule has 0 fully saturated rings. The number of oxazole rings is 1. The van der Waals surface area contributed by atoms with Gasteiger partial charge in [0, 0.05) is 26.1 Å². The second-order valence-electron chi connectivity index (χ2n) is 7.79. The summed E-state index contributed by atoms with van der Waals surface area (Å²) < 4.78 is 30.9. The number of ketones is 1. The number of sulfonamides is 1. The molecule has 1 unspecified atom stereocenters. The number of rotatable bonds is 7. The number of hydrazone groups is 1. The van der Waals surface area contributed by atoms with Gasteiger partial charge in [-0.3, -0.25) is 9.59 Å². The number of nitrogens with zero attached hydrogens (tertiary/aromatic N) is 4. The summed E-state index contributed by atoms with van der Waals surface area (Å²) in [5.41, 5.74) is 2.24. The first-order valence-electron chi connectivity index (χ1n) is 10.1. The summed E-state index contributed by atoms with van der Waals surface area (Å²) in [6.45, 7) is 1.63. The summed E-state index contributed by atoms with van der Waals surface area (Å²) in [6, 6.07) is 13.0. The lowest BCUT2D eigenvalue weighted by atomic mass is 9.93. The van der Waals surface area contributed by atoms with Crippen LogP contribution in [0, 0.1) is 5.92 Å². The summed E-state index contributed by atoms with van der Waals surface area (Å²) in [7, 11) is -0.707. The van der Waals surface area contributed by atoms with E-state index in [9.17, 15) is 18.0 Å². The zero-order chi connectivity index (χ0) is 23.8. The first kappa shape index (κ1) is 22.6. The smallest absolute Gasteiger partial charge is 0.263 e. The van der Waals surface area contributed by atoms with Gasteiger partial charge >= 0.3 is 0 Å². The van der Waals surface area contributed by atoms with E-state index in [1.165, 1.54) is 44.6 Å². The Morgan fingerprint density at radius 1 is 1.15 bits per heavy atom. The highest BCUT2D eigenvalue weighted by Crippen LogP contribution is 2.27. The van der Waals surface area contributed by atoms with Gasteiger partial charge in [-0.1, -0.05) is 12.1 Å². The van der Waals surface area contributed by atoms with Crippen LogP contribution in [-0.4, -0.2) is 49.2 Å².